The smallest absolute Gasteiger partial charge is 0.406 e. The van der Waals surface area contributed by atoms with Crippen molar-refractivity contribution in [3.63, 3.8) is 0 Å². The van der Waals surface area contributed by atoms with Crippen molar-refractivity contribution in [3.8, 4) is 5.75 Å². The van der Waals surface area contributed by atoms with Gasteiger partial charge in [-0.3, -0.25) is 4.72 Å². The van der Waals surface area contributed by atoms with Crippen LogP contribution in [0.15, 0.2) is 35.2 Å². The highest BCUT2D eigenvalue weighted by atomic mass is 32.2. The fraction of sp³-hybridized carbons (Fsp3) is 0.350. The number of urea groups is 1. The van der Waals surface area contributed by atoms with Gasteiger partial charge < -0.3 is 10.1 Å². The maximum Gasteiger partial charge on any atom is 0.573 e. The minimum absolute atomic E-state index is 0.321. The number of amides is 2. The molecule has 28 heavy (non-hydrogen) atoms. The average molecular weight is 408 g/mol. The van der Waals surface area contributed by atoms with E-state index < -0.39 is 6.36 Å². The van der Waals surface area contributed by atoms with Crippen molar-refractivity contribution >= 4 is 23.7 Å². The Morgan fingerprint density at radius 3 is 2.32 bits per heavy atom. The Morgan fingerprint density at radius 2 is 1.68 bits per heavy atom. The van der Waals surface area contributed by atoms with Crippen molar-refractivity contribution in [2.45, 2.75) is 49.8 Å². The molecule has 0 unspecified atom stereocenters. The van der Waals surface area contributed by atoms with Crippen LogP contribution in [0, 0.1) is 0 Å². The number of rotatable bonds is 4. The summed E-state index contributed by atoms with van der Waals surface area (Å²) >= 11 is 0.945. The molecule has 148 valence electrons. The fourth-order valence-corrected chi connectivity index (χ4v) is 4.53. The summed E-state index contributed by atoms with van der Waals surface area (Å²) < 4.78 is 43.6. The highest BCUT2D eigenvalue weighted by Gasteiger charge is 2.31. The molecule has 0 atom stereocenters. The summed E-state index contributed by atoms with van der Waals surface area (Å²) in [5.74, 6) is -0.321. The van der Waals surface area contributed by atoms with Crippen LogP contribution in [0.2, 0.25) is 0 Å². The third kappa shape index (κ3) is 4.22. The van der Waals surface area contributed by atoms with Crippen LogP contribution in [0.25, 0.3) is 0 Å². The molecule has 0 spiro atoms. The SMILES string of the molecule is O=C(NSc1cccc(OC(F)(F)F)c1)Nc1c2c(cc3c1CCC3)CCC2. The summed E-state index contributed by atoms with van der Waals surface area (Å²) in [5.41, 5.74) is 6.01. The Labute approximate surface area is 165 Å². The zero-order chi connectivity index (χ0) is 19.7. The lowest BCUT2D eigenvalue weighted by atomic mass is 9.99. The summed E-state index contributed by atoms with van der Waals surface area (Å²) in [5, 5.41) is 2.98. The van der Waals surface area contributed by atoms with Gasteiger partial charge in [0.05, 0.1) is 0 Å². The van der Waals surface area contributed by atoms with Crippen LogP contribution < -0.4 is 14.8 Å². The maximum absolute atomic E-state index is 12.4. The third-order valence-electron chi connectivity index (χ3n) is 5.01. The number of hydrogen-bond acceptors (Lipinski definition) is 3. The largest absolute Gasteiger partial charge is 0.573 e. The summed E-state index contributed by atoms with van der Waals surface area (Å²) in [6.07, 6.45) is 1.44. The fourth-order valence-electron chi connectivity index (χ4n) is 3.95. The Bertz CT molecular complexity index is 883. The Kier molecular flexibility index (Phi) is 5.14. The van der Waals surface area contributed by atoms with E-state index in [-0.39, 0.29) is 11.8 Å². The van der Waals surface area contributed by atoms with Gasteiger partial charge in [-0.2, -0.15) is 0 Å². The molecule has 4 nitrogen and oxygen atoms in total. The molecule has 8 heteroatoms. The Hall–Kier alpha value is -2.35. The van der Waals surface area contributed by atoms with E-state index in [0.717, 1.165) is 56.2 Å². The van der Waals surface area contributed by atoms with E-state index in [1.54, 1.807) is 6.07 Å². The molecular weight excluding hydrogens is 389 g/mol. The van der Waals surface area contributed by atoms with E-state index in [0.29, 0.717) is 4.90 Å². The molecule has 0 fully saturated rings. The number of fused-ring (bicyclic) bond motifs is 2. The molecular formula is C20H19F3N2O2S. The Balaban J connectivity index is 1.43. The number of anilines is 1. The van der Waals surface area contributed by atoms with E-state index in [9.17, 15) is 18.0 Å². The number of carbonyl (C=O) groups excluding carboxylic acids is 1. The topological polar surface area (TPSA) is 50.4 Å². The first-order valence-electron chi connectivity index (χ1n) is 9.15. The molecule has 4 rings (SSSR count). The minimum atomic E-state index is -4.75. The predicted octanol–water partition coefficient (Wildman–Crippen LogP) is 5.39. The first-order valence-corrected chi connectivity index (χ1v) is 9.97. The van der Waals surface area contributed by atoms with Crippen LogP contribution in [0.4, 0.5) is 23.7 Å². The molecule has 0 saturated carbocycles. The maximum atomic E-state index is 12.4. The van der Waals surface area contributed by atoms with E-state index in [1.165, 1.54) is 40.5 Å². The number of hydrogen-bond donors (Lipinski definition) is 2. The normalized spacial score (nSPS) is 15.1. The van der Waals surface area contributed by atoms with Gasteiger partial charge in [0.25, 0.3) is 0 Å². The zero-order valence-electron chi connectivity index (χ0n) is 15.0. The number of ether oxygens (including phenoxy) is 1. The van der Waals surface area contributed by atoms with Crippen LogP contribution in [0.1, 0.15) is 35.1 Å². The number of aryl methyl sites for hydroxylation is 2. The molecule has 0 bridgehead atoms. The van der Waals surface area contributed by atoms with E-state index >= 15 is 0 Å². The summed E-state index contributed by atoms with van der Waals surface area (Å²) in [6, 6.07) is 7.40. The molecule has 0 heterocycles. The lowest BCUT2D eigenvalue weighted by Gasteiger charge is -2.16. The van der Waals surface area contributed by atoms with Crippen molar-refractivity contribution in [3.05, 3.63) is 52.6 Å². The summed E-state index contributed by atoms with van der Waals surface area (Å²) in [4.78, 5) is 12.9. The van der Waals surface area contributed by atoms with E-state index in [1.807, 2.05) is 0 Å². The van der Waals surface area contributed by atoms with Gasteiger partial charge in [-0.25, -0.2) is 4.79 Å². The van der Waals surface area contributed by atoms with Crippen LogP contribution >= 0.6 is 11.9 Å². The van der Waals surface area contributed by atoms with Gasteiger partial charge in [0.1, 0.15) is 5.75 Å². The van der Waals surface area contributed by atoms with E-state index in [2.05, 4.69) is 20.8 Å². The first-order chi connectivity index (χ1) is 13.4. The number of carbonyl (C=O) groups is 1. The summed E-state index contributed by atoms with van der Waals surface area (Å²) in [7, 11) is 0. The van der Waals surface area contributed by atoms with Crippen LogP contribution in [0.3, 0.4) is 0 Å². The molecule has 2 amide bonds. The van der Waals surface area contributed by atoms with Gasteiger partial charge in [0.2, 0.25) is 0 Å². The van der Waals surface area contributed by atoms with Crippen molar-refractivity contribution in [1.82, 2.24) is 4.72 Å². The van der Waals surface area contributed by atoms with Gasteiger partial charge in [-0.15, -0.1) is 13.2 Å². The highest BCUT2D eigenvalue weighted by molar-refractivity contribution is 7.98. The monoisotopic (exact) mass is 408 g/mol. The molecule has 2 aliphatic carbocycles. The van der Waals surface area contributed by atoms with Crippen molar-refractivity contribution in [2.24, 2.45) is 0 Å². The number of benzene rings is 2. The molecule has 0 radical (unpaired) electrons. The summed E-state index contributed by atoms with van der Waals surface area (Å²) in [6.45, 7) is 0. The molecule has 2 aromatic rings. The lowest BCUT2D eigenvalue weighted by Crippen LogP contribution is -2.24. The number of alkyl halides is 3. The number of nitrogens with one attached hydrogen (secondary N) is 2. The molecule has 0 aliphatic heterocycles. The van der Waals surface area contributed by atoms with Crippen LogP contribution in [-0.2, 0) is 25.7 Å². The standard InChI is InChI=1S/C20H19F3N2O2S/c21-20(22,23)27-14-6-3-7-15(11-14)28-25-19(26)24-18-16-8-1-4-12(16)10-13-5-2-9-17(13)18/h3,6-7,10-11H,1-2,4-5,8-9H2,(H2,24,25,26). The van der Waals surface area contributed by atoms with Gasteiger partial charge in [0, 0.05) is 10.6 Å². The van der Waals surface area contributed by atoms with Crippen molar-refractivity contribution < 1.29 is 22.7 Å². The van der Waals surface area contributed by atoms with Gasteiger partial charge in [0.15, 0.2) is 0 Å². The molecule has 0 aromatic heterocycles. The van der Waals surface area contributed by atoms with Gasteiger partial charge in [-0.1, -0.05) is 12.1 Å². The van der Waals surface area contributed by atoms with Crippen LogP contribution in [-0.4, -0.2) is 12.4 Å². The van der Waals surface area contributed by atoms with Crippen LogP contribution in [0.5, 0.6) is 5.75 Å². The zero-order valence-corrected chi connectivity index (χ0v) is 15.8. The lowest BCUT2D eigenvalue weighted by molar-refractivity contribution is -0.274. The minimum Gasteiger partial charge on any atom is -0.406 e. The quantitative estimate of drug-likeness (QED) is 0.667. The highest BCUT2D eigenvalue weighted by Crippen LogP contribution is 2.38. The first kappa shape index (κ1) is 19.0. The predicted molar refractivity (Wildman–Crippen MR) is 102 cm³/mol. The van der Waals surface area contributed by atoms with Crippen molar-refractivity contribution in [2.75, 3.05) is 5.32 Å². The average Bonchev–Trinajstić information content (AvgIpc) is 3.27. The number of halogens is 3. The van der Waals surface area contributed by atoms with Gasteiger partial charge in [-0.05, 0) is 90.9 Å². The third-order valence-corrected chi connectivity index (χ3v) is 5.79. The van der Waals surface area contributed by atoms with Gasteiger partial charge >= 0.3 is 12.4 Å². The van der Waals surface area contributed by atoms with E-state index in [4.69, 9.17) is 0 Å². The second-order valence-electron chi connectivity index (χ2n) is 6.91. The molecule has 2 N–H and O–H groups in total. The molecule has 0 saturated heterocycles. The second-order valence-corrected chi connectivity index (χ2v) is 7.79. The molecule has 2 aromatic carbocycles. The Morgan fingerprint density at radius 1 is 1.00 bits per heavy atom. The van der Waals surface area contributed by atoms with Crippen molar-refractivity contribution in [1.29, 1.82) is 0 Å². The second kappa shape index (κ2) is 7.58. The molecule has 2 aliphatic rings.